The van der Waals surface area contributed by atoms with Gasteiger partial charge in [0.25, 0.3) is 0 Å². The van der Waals surface area contributed by atoms with Gasteiger partial charge in [0, 0.05) is 50.4 Å². The van der Waals surface area contributed by atoms with Crippen molar-refractivity contribution in [3.05, 3.63) is 176 Å². The van der Waals surface area contributed by atoms with Gasteiger partial charge < -0.3 is 9.32 Å². The lowest BCUT2D eigenvalue weighted by atomic mass is 10.0. The Hall–Kier alpha value is -6.52. The number of rotatable bonds is 6. The van der Waals surface area contributed by atoms with Crippen molar-refractivity contribution >= 4 is 49.9 Å². The highest BCUT2D eigenvalue weighted by Gasteiger charge is 2.19. The van der Waals surface area contributed by atoms with Crippen molar-refractivity contribution in [1.82, 2.24) is 9.97 Å². The molecule has 226 valence electrons. The van der Waals surface area contributed by atoms with Gasteiger partial charge >= 0.3 is 0 Å². The second kappa shape index (κ2) is 11.7. The number of furan rings is 1. The number of aromatic nitrogens is 2. The normalized spacial score (nSPS) is 11.3. The fourth-order valence-electron chi connectivity index (χ4n) is 6.61. The van der Waals surface area contributed by atoms with Crippen LogP contribution < -0.4 is 4.90 Å². The molecule has 0 amide bonds. The van der Waals surface area contributed by atoms with E-state index in [1.54, 1.807) is 0 Å². The van der Waals surface area contributed by atoms with Crippen molar-refractivity contribution in [3.8, 4) is 33.8 Å². The third kappa shape index (κ3) is 4.88. The maximum atomic E-state index is 6.57. The Balaban J connectivity index is 1.18. The van der Waals surface area contributed by atoms with Crippen molar-refractivity contribution < 1.29 is 4.42 Å². The van der Waals surface area contributed by atoms with E-state index in [1.807, 2.05) is 54.6 Å². The largest absolute Gasteiger partial charge is 0.456 e. The molecule has 4 heteroatoms. The van der Waals surface area contributed by atoms with E-state index in [0.717, 1.165) is 66.7 Å². The quantitative estimate of drug-likeness (QED) is 0.187. The summed E-state index contributed by atoms with van der Waals surface area (Å²) in [6, 6.07) is 60.7. The summed E-state index contributed by atoms with van der Waals surface area (Å²) in [5.41, 5.74) is 11.0. The molecule has 0 aliphatic carbocycles. The first-order valence-electron chi connectivity index (χ1n) is 16.1. The number of fused-ring (bicyclic) bond motifs is 4. The standard InChI is InChI=1S/C44H29N3O/c1-4-13-30(14-5-1)31-23-25-34(26-24-31)47(33-17-8-3-9-18-33)35-27-28-37-41(29-35)48-40-22-12-20-38(42(37)40)44-45-39-21-11-10-19-36(39)43(46-44)32-15-6-2-7-16-32/h1-29H. The van der Waals surface area contributed by atoms with Gasteiger partial charge in [-0.15, -0.1) is 0 Å². The van der Waals surface area contributed by atoms with Gasteiger partial charge in [0.15, 0.2) is 5.82 Å². The first-order chi connectivity index (χ1) is 23.8. The van der Waals surface area contributed by atoms with Crippen LogP contribution in [0.3, 0.4) is 0 Å². The van der Waals surface area contributed by atoms with Gasteiger partial charge in [-0.25, -0.2) is 9.97 Å². The number of para-hydroxylation sites is 2. The zero-order valence-corrected chi connectivity index (χ0v) is 26.0. The van der Waals surface area contributed by atoms with Gasteiger partial charge in [-0.3, -0.25) is 0 Å². The Morgan fingerprint density at radius 3 is 1.81 bits per heavy atom. The minimum atomic E-state index is 0.675. The van der Waals surface area contributed by atoms with E-state index in [2.05, 4.69) is 126 Å². The first kappa shape index (κ1) is 27.8. The van der Waals surface area contributed by atoms with Crippen LogP contribution >= 0.6 is 0 Å². The molecule has 0 unspecified atom stereocenters. The zero-order valence-electron chi connectivity index (χ0n) is 26.0. The van der Waals surface area contributed by atoms with Crippen LogP contribution in [-0.4, -0.2) is 9.97 Å². The van der Waals surface area contributed by atoms with Crippen molar-refractivity contribution in [1.29, 1.82) is 0 Å². The third-order valence-electron chi connectivity index (χ3n) is 8.88. The van der Waals surface area contributed by atoms with E-state index in [0.29, 0.717) is 5.82 Å². The minimum absolute atomic E-state index is 0.675. The highest BCUT2D eigenvalue weighted by atomic mass is 16.3. The Labute approximate surface area is 278 Å². The Morgan fingerprint density at radius 1 is 0.417 bits per heavy atom. The molecular formula is C44H29N3O. The highest BCUT2D eigenvalue weighted by molar-refractivity contribution is 6.13. The maximum absolute atomic E-state index is 6.57. The molecular weight excluding hydrogens is 587 g/mol. The van der Waals surface area contributed by atoms with Gasteiger partial charge in [-0.05, 0) is 59.7 Å². The van der Waals surface area contributed by atoms with Crippen LogP contribution in [0.5, 0.6) is 0 Å². The van der Waals surface area contributed by atoms with E-state index in [1.165, 1.54) is 11.1 Å². The number of hydrogen-bond acceptors (Lipinski definition) is 4. The van der Waals surface area contributed by atoms with Crippen molar-refractivity contribution in [2.45, 2.75) is 0 Å². The fourth-order valence-corrected chi connectivity index (χ4v) is 6.61. The maximum Gasteiger partial charge on any atom is 0.161 e. The molecule has 7 aromatic carbocycles. The molecule has 0 spiro atoms. The first-order valence-corrected chi connectivity index (χ1v) is 16.1. The van der Waals surface area contributed by atoms with Gasteiger partial charge in [0.05, 0.1) is 11.2 Å². The van der Waals surface area contributed by atoms with Gasteiger partial charge in [-0.2, -0.15) is 0 Å². The zero-order chi connectivity index (χ0) is 31.9. The van der Waals surface area contributed by atoms with Crippen LogP contribution in [0.2, 0.25) is 0 Å². The number of nitrogens with zero attached hydrogens (tertiary/aromatic N) is 3. The van der Waals surface area contributed by atoms with Crippen LogP contribution in [0.15, 0.2) is 180 Å². The summed E-state index contributed by atoms with van der Waals surface area (Å²) in [4.78, 5) is 12.5. The SMILES string of the molecule is c1ccc(-c2ccc(N(c3ccccc3)c3ccc4c(c3)oc3cccc(-c5nc(-c6ccccc6)c6ccccc6n5)c34)cc2)cc1. The van der Waals surface area contributed by atoms with Crippen LogP contribution in [0.25, 0.3) is 66.6 Å². The predicted molar refractivity (Wildman–Crippen MR) is 198 cm³/mol. The lowest BCUT2D eigenvalue weighted by molar-refractivity contribution is 0.669. The Bertz CT molecular complexity index is 2540. The topological polar surface area (TPSA) is 42.2 Å². The van der Waals surface area contributed by atoms with E-state index in [-0.39, 0.29) is 0 Å². The molecule has 0 radical (unpaired) electrons. The monoisotopic (exact) mass is 615 g/mol. The van der Waals surface area contributed by atoms with Crippen LogP contribution in [0, 0.1) is 0 Å². The summed E-state index contributed by atoms with van der Waals surface area (Å²) in [5, 5.41) is 3.06. The molecule has 2 aromatic heterocycles. The van der Waals surface area contributed by atoms with Crippen molar-refractivity contribution in [3.63, 3.8) is 0 Å². The fraction of sp³-hybridized carbons (Fsp3) is 0. The molecule has 0 atom stereocenters. The van der Waals surface area contributed by atoms with Gasteiger partial charge in [0.1, 0.15) is 11.2 Å². The smallest absolute Gasteiger partial charge is 0.161 e. The summed E-state index contributed by atoms with van der Waals surface area (Å²) in [7, 11) is 0. The Morgan fingerprint density at radius 2 is 1.04 bits per heavy atom. The number of anilines is 3. The average Bonchev–Trinajstić information content (AvgIpc) is 3.54. The second-order valence-corrected chi connectivity index (χ2v) is 11.8. The molecule has 0 saturated heterocycles. The molecule has 48 heavy (non-hydrogen) atoms. The van der Waals surface area contributed by atoms with Gasteiger partial charge in [0.2, 0.25) is 0 Å². The molecule has 0 aliphatic heterocycles. The van der Waals surface area contributed by atoms with E-state index in [4.69, 9.17) is 14.4 Å². The summed E-state index contributed by atoms with van der Waals surface area (Å²) < 4.78 is 6.57. The van der Waals surface area contributed by atoms with Crippen LogP contribution in [0.1, 0.15) is 0 Å². The molecule has 2 heterocycles. The molecule has 0 N–H and O–H groups in total. The molecule has 9 aromatic rings. The summed E-state index contributed by atoms with van der Waals surface area (Å²) in [6.45, 7) is 0. The molecule has 0 bridgehead atoms. The van der Waals surface area contributed by atoms with E-state index < -0.39 is 0 Å². The lowest BCUT2D eigenvalue weighted by Gasteiger charge is -2.25. The van der Waals surface area contributed by atoms with Crippen LogP contribution in [0.4, 0.5) is 17.1 Å². The van der Waals surface area contributed by atoms with E-state index >= 15 is 0 Å². The predicted octanol–water partition coefficient (Wildman–Crippen LogP) is 12.0. The average molecular weight is 616 g/mol. The highest BCUT2D eigenvalue weighted by Crippen LogP contribution is 2.41. The molecule has 0 fully saturated rings. The Kier molecular flexibility index (Phi) is 6.76. The molecule has 0 aliphatic rings. The molecule has 9 rings (SSSR count). The van der Waals surface area contributed by atoms with Crippen LogP contribution in [-0.2, 0) is 0 Å². The third-order valence-corrected chi connectivity index (χ3v) is 8.88. The molecule has 4 nitrogen and oxygen atoms in total. The number of hydrogen-bond donors (Lipinski definition) is 0. The number of benzene rings is 7. The minimum Gasteiger partial charge on any atom is -0.456 e. The van der Waals surface area contributed by atoms with Crippen molar-refractivity contribution in [2.75, 3.05) is 4.90 Å². The van der Waals surface area contributed by atoms with Crippen molar-refractivity contribution in [2.24, 2.45) is 0 Å². The molecule has 0 saturated carbocycles. The second-order valence-electron chi connectivity index (χ2n) is 11.8. The summed E-state index contributed by atoms with van der Waals surface area (Å²) in [6.07, 6.45) is 0. The summed E-state index contributed by atoms with van der Waals surface area (Å²) in [5.74, 6) is 0.675. The van der Waals surface area contributed by atoms with E-state index in [9.17, 15) is 0 Å². The lowest BCUT2D eigenvalue weighted by Crippen LogP contribution is -2.09. The summed E-state index contributed by atoms with van der Waals surface area (Å²) >= 11 is 0. The van der Waals surface area contributed by atoms with Gasteiger partial charge in [-0.1, -0.05) is 121 Å².